The van der Waals surface area contributed by atoms with Crippen LogP contribution in [0.4, 0.5) is 5.69 Å². The summed E-state index contributed by atoms with van der Waals surface area (Å²) in [6, 6.07) is 11.6. The highest BCUT2D eigenvalue weighted by atomic mass is 79.9. The molecule has 3 rings (SSSR count). The van der Waals surface area contributed by atoms with Crippen molar-refractivity contribution in [2.45, 2.75) is 17.2 Å². The summed E-state index contributed by atoms with van der Waals surface area (Å²) in [4.78, 5) is 10.1. The van der Waals surface area contributed by atoms with E-state index >= 15 is 0 Å². The number of nitrogens with zero attached hydrogens (tertiary/aromatic N) is 1. The van der Waals surface area contributed by atoms with Gasteiger partial charge in [-0.05, 0) is 23.6 Å². The minimum absolute atomic E-state index is 0.119. The zero-order valence-electron chi connectivity index (χ0n) is 11.9. The normalized spacial score (nSPS) is 16.5. The molecule has 1 atom stereocenters. The molecule has 1 unspecified atom stereocenters. The smallest absolute Gasteiger partial charge is 0.258 e. The molecular formula is C15H13BrN2O4S. The molecular weight excluding hydrogens is 384 g/mol. The summed E-state index contributed by atoms with van der Waals surface area (Å²) in [5.41, 5.74) is 2.11. The zero-order valence-corrected chi connectivity index (χ0v) is 14.3. The Morgan fingerprint density at radius 1 is 1.26 bits per heavy atom. The third-order valence-corrected chi connectivity index (χ3v) is 5.72. The summed E-state index contributed by atoms with van der Waals surface area (Å²) >= 11 is 3.10. The van der Waals surface area contributed by atoms with Gasteiger partial charge in [-0.2, -0.15) is 0 Å². The highest BCUT2D eigenvalue weighted by molar-refractivity contribution is 9.10. The Morgan fingerprint density at radius 2 is 2.00 bits per heavy atom. The van der Waals surface area contributed by atoms with Crippen LogP contribution in [0.2, 0.25) is 0 Å². The van der Waals surface area contributed by atoms with Crippen LogP contribution in [0.25, 0.3) is 0 Å². The number of hydrogen-bond acceptors (Lipinski definition) is 4. The van der Waals surface area contributed by atoms with Crippen molar-refractivity contribution in [1.29, 1.82) is 0 Å². The minimum Gasteiger partial charge on any atom is -0.258 e. The van der Waals surface area contributed by atoms with Gasteiger partial charge in [-0.25, -0.2) is 13.1 Å². The standard InChI is InChI=1S/C15H13BrN2O4S/c16-12-6-13(18(19)20)8-14(7-12)23(21,22)17-9-11-5-10-3-1-2-4-15(10)11/h1-4,6-8,11,17H,5,9H2. The molecule has 0 heterocycles. The van der Waals surface area contributed by atoms with Crippen molar-refractivity contribution in [3.05, 3.63) is 68.2 Å². The summed E-state index contributed by atoms with van der Waals surface area (Å²) in [5.74, 6) is 0.142. The number of benzene rings is 2. The summed E-state index contributed by atoms with van der Waals surface area (Å²) < 4.78 is 27.6. The molecule has 2 aromatic carbocycles. The van der Waals surface area contributed by atoms with E-state index in [1.807, 2.05) is 24.3 Å². The number of nitro groups is 1. The van der Waals surface area contributed by atoms with E-state index in [-0.39, 0.29) is 23.0 Å². The third-order valence-electron chi connectivity index (χ3n) is 3.86. The lowest BCUT2D eigenvalue weighted by atomic mass is 9.78. The van der Waals surface area contributed by atoms with Gasteiger partial charge in [0.1, 0.15) is 0 Å². The predicted molar refractivity (Wildman–Crippen MR) is 88.9 cm³/mol. The lowest BCUT2D eigenvalue weighted by Crippen LogP contribution is -2.33. The van der Waals surface area contributed by atoms with Gasteiger partial charge in [0.05, 0.1) is 9.82 Å². The van der Waals surface area contributed by atoms with E-state index in [4.69, 9.17) is 0 Å². The van der Waals surface area contributed by atoms with E-state index in [2.05, 4.69) is 20.7 Å². The van der Waals surface area contributed by atoms with Crippen molar-refractivity contribution in [3.8, 4) is 0 Å². The van der Waals surface area contributed by atoms with Crippen molar-refractivity contribution >= 4 is 31.6 Å². The fourth-order valence-electron chi connectivity index (χ4n) is 2.65. The largest absolute Gasteiger partial charge is 0.271 e. The molecule has 0 fully saturated rings. The molecule has 1 N–H and O–H groups in total. The SMILES string of the molecule is O=[N+]([O-])c1cc(Br)cc(S(=O)(=O)NCC2Cc3ccccc32)c1. The van der Waals surface area contributed by atoms with Gasteiger partial charge in [0.25, 0.3) is 5.69 Å². The van der Waals surface area contributed by atoms with Crippen LogP contribution in [0, 0.1) is 10.1 Å². The Hall–Kier alpha value is -1.77. The first-order chi connectivity index (χ1) is 10.9. The molecule has 23 heavy (non-hydrogen) atoms. The van der Waals surface area contributed by atoms with Crippen LogP contribution < -0.4 is 4.72 Å². The quantitative estimate of drug-likeness (QED) is 0.621. The summed E-state index contributed by atoms with van der Waals surface area (Å²) in [5, 5.41) is 10.9. The molecule has 0 spiro atoms. The lowest BCUT2D eigenvalue weighted by Gasteiger charge is -2.30. The molecule has 0 aliphatic heterocycles. The van der Waals surface area contributed by atoms with E-state index in [1.165, 1.54) is 17.7 Å². The Morgan fingerprint density at radius 3 is 2.70 bits per heavy atom. The van der Waals surface area contributed by atoms with Crippen molar-refractivity contribution < 1.29 is 13.3 Å². The Kier molecular flexibility index (Phi) is 4.22. The second-order valence-electron chi connectivity index (χ2n) is 5.35. The molecule has 1 aliphatic carbocycles. The van der Waals surface area contributed by atoms with E-state index in [0.717, 1.165) is 18.1 Å². The first kappa shape index (κ1) is 16.1. The second-order valence-corrected chi connectivity index (χ2v) is 8.04. The molecule has 0 aromatic heterocycles. The first-order valence-electron chi connectivity index (χ1n) is 6.89. The van der Waals surface area contributed by atoms with Gasteiger partial charge in [0.2, 0.25) is 10.0 Å². The van der Waals surface area contributed by atoms with Gasteiger partial charge < -0.3 is 0 Å². The van der Waals surface area contributed by atoms with Crippen LogP contribution >= 0.6 is 15.9 Å². The molecule has 120 valence electrons. The van der Waals surface area contributed by atoms with Gasteiger partial charge in [0.15, 0.2) is 0 Å². The number of halogens is 1. The minimum atomic E-state index is -3.80. The number of fused-ring (bicyclic) bond motifs is 1. The molecule has 6 nitrogen and oxygen atoms in total. The average molecular weight is 397 g/mol. The van der Waals surface area contributed by atoms with Gasteiger partial charge in [0, 0.05) is 29.1 Å². The highest BCUT2D eigenvalue weighted by Crippen LogP contribution is 2.34. The van der Waals surface area contributed by atoms with Crippen LogP contribution in [0.3, 0.4) is 0 Å². The van der Waals surface area contributed by atoms with E-state index in [9.17, 15) is 18.5 Å². The molecule has 0 radical (unpaired) electrons. The van der Waals surface area contributed by atoms with Crippen molar-refractivity contribution in [2.75, 3.05) is 6.54 Å². The lowest BCUT2D eigenvalue weighted by molar-refractivity contribution is -0.385. The van der Waals surface area contributed by atoms with Crippen LogP contribution in [0.5, 0.6) is 0 Å². The average Bonchev–Trinajstić information content (AvgIpc) is 2.47. The van der Waals surface area contributed by atoms with E-state index in [1.54, 1.807) is 0 Å². The summed E-state index contributed by atoms with van der Waals surface area (Å²) in [6.07, 6.45) is 0.831. The van der Waals surface area contributed by atoms with Gasteiger partial charge >= 0.3 is 0 Å². The molecule has 1 aliphatic rings. The summed E-state index contributed by atoms with van der Waals surface area (Å²) in [7, 11) is -3.80. The molecule has 2 aromatic rings. The summed E-state index contributed by atoms with van der Waals surface area (Å²) in [6.45, 7) is 0.277. The maximum absolute atomic E-state index is 12.4. The number of hydrogen-bond donors (Lipinski definition) is 1. The number of nitrogens with one attached hydrogen (secondary N) is 1. The van der Waals surface area contributed by atoms with Crippen LogP contribution in [0.1, 0.15) is 17.0 Å². The topological polar surface area (TPSA) is 89.3 Å². The van der Waals surface area contributed by atoms with Crippen LogP contribution in [-0.4, -0.2) is 19.9 Å². The molecule has 0 saturated heterocycles. The molecule has 0 saturated carbocycles. The van der Waals surface area contributed by atoms with Gasteiger partial charge in [-0.1, -0.05) is 40.2 Å². The van der Waals surface area contributed by atoms with Crippen molar-refractivity contribution in [3.63, 3.8) is 0 Å². The third kappa shape index (κ3) is 3.29. The second kappa shape index (κ2) is 6.03. The Balaban J connectivity index is 1.77. The molecule has 0 bridgehead atoms. The first-order valence-corrected chi connectivity index (χ1v) is 9.17. The van der Waals surface area contributed by atoms with Crippen molar-refractivity contribution in [2.24, 2.45) is 0 Å². The maximum Gasteiger partial charge on any atom is 0.271 e. The van der Waals surface area contributed by atoms with Crippen LogP contribution in [0.15, 0.2) is 51.8 Å². The zero-order chi connectivity index (χ0) is 16.6. The van der Waals surface area contributed by atoms with E-state index in [0.29, 0.717) is 4.47 Å². The number of rotatable bonds is 5. The van der Waals surface area contributed by atoms with Gasteiger partial charge in [-0.15, -0.1) is 0 Å². The highest BCUT2D eigenvalue weighted by Gasteiger charge is 2.27. The number of sulfonamides is 1. The Labute approximate surface area is 141 Å². The maximum atomic E-state index is 12.4. The van der Waals surface area contributed by atoms with Crippen LogP contribution in [-0.2, 0) is 16.4 Å². The van der Waals surface area contributed by atoms with Gasteiger partial charge in [-0.3, -0.25) is 10.1 Å². The van der Waals surface area contributed by atoms with Crippen molar-refractivity contribution in [1.82, 2.24) is 4.72 Å². The monoisotopic (exact) mass is 396 g/mol. The number of nitro benzene ring substituents is 1. The van der Waals surface area contributed by atoms with E-state index < -0.39 is 14.9 Å². The Bertz CT molecular complexity index is 883. The molecule has 0 amide bonds. The predicted octanol–water partition coefficient (Wildman–Crippen LogP) is 2.98. The molecule has 8 heteroatoms. The number of non-ortho nitro benzene ring substituents is 1. The fourth-order valence-corrected chi connectivity index (χ4v) is 4.42. The fraction of sp³-hybridized carbons (Fsp3) is 0.200.